The minimum Gasteiger partial charge on any atom is -0.497 e. The number of carbonyl (C=O) groups is 1. The Bertz CT molecular complexity index is 1190. The summed E-state index contributed by atoms with van der Waals surface area (Å²) in [5.41, 5.74) is 1.92. The van der Waals surface area contributed by atoms with E-state index in [1.165, 1.54) is 5.56 Å². The second-order valence-electron chi connectivity index (χ2n) is 8.84. The first-order valence-electron chi connectivity index (χ1n) is 11.1. The van der Waals surface area contributed by atoms with Crippen LogP contribution in [0.4, 0.5) is 5.69 Å². The molecule has 3 aliphatic heterocycles. The van der Waals surface area contributed by atoms with Crippen molar-refractivity contribution in [2.45, 2.75) is 19.5 Å². The Hall–Kier alpha value is -3.59. The van der Waals surface area contributed by atoms with Crippen molar-refractivity contribution in [3.63, 3.8) is 0 Å². The molecule has 0 saturated carbocycles. The van der Waals surface area contributed by atoms with Gasteiger partial charge in [-0.3, -0.25) is 9.69 Å². The molecule has 1 aromatic heterocycles. The Morgan fingerprint density at radius 3 is 2.73 bits per heavy atom. The summed E-state index contributed by atoms with van der Waals surface area (Å²) in [4.78, 5) is 15.4. The molecule has 1 amide bonds. The second-order valence-corrected chi connectivity index (χ2v) is 8.84. The van der Waals surface area contributed by atoms with Crippen molar-refractivity contribution in [3.8, 4) is 17.2 Å². The van der Waals surface area contributed by atoms with E-state index in [4.69, 9.17) is 14.2 Å². The molecule has 33 heavy (non-hydrogen) atoms. The summed E-state index contributed by atoms with van der Waals surface area (Å²) in [5.74, 6) is 4.38. The summed E-state index contributed by atoms with van der Waals surface area (Å²) in [6.07, 6.45) is 0.838. The number of hydrogen-bond donors (Lipinski definition) is 1. The summed E-state index contributed by atoms with van der Waals surface area (Å²) < 4.78 is 18.1. The number of fused-ring (bicyclic) bond motifs is 3. The zero-order chi connectivity index (χ0) is 22.4. The van der Waals surface area contributed by atoms with Gasteiger partial charge in [-0.1, -0.05) is 6.07 Å². The maximum atomic E-state index is 12.9. The van der Waals surface area contributed by atoms with E-state index in [0.29, 0.717) is 30.1 Å². The number of benzene rings is 2. The van der Waals surface area contributed by atoms with Crippen molar-refractivity contribution in [2.75, 3.05) is 32.3 Å². The van der Waals surface area contributed by atoms with Crippen LogP contribution in [0, 0.1) is 11.8 Å². The summed E-state index contributed by atoms with van der Waals surface area (Å²) in [6.45, 7) is 3.92. The van der Waals surface area contributed by atoms with Crippen molar-refractivity contribution < 1.29 is 19.0 Å². The molecule has 1 saturated heterocycles. The number of hydrogen-bond acceptors (Lipinski definition) is 7. The molecule has 9 nitrogen and oxygen atoms in total. The molecule has 0 spiro atoms. The molecular formula is C24H25N5O4. The third kappa shape index (κ3) is 3.78. The quantitative estimate of drug-likeness (QED) is 0.643. The van der Waals surface area contributed by atoms with E-state index in [1.54, 1.807) is 7.11 Å². The molecule has 170 valence electrons. The minimum atomic E-state index is -0.243. The number of nitrogens with one attached hydrogen (secondary N) is 1. The zero-order valence-electron chi connectivity index (χ0n) is 18.4. The smallest absolute Gasteiger partial charge is 0.293 e. The predicted octanol–water partition coefficient (Wildman–Crippen LogP) is 2.57. The molecule has 3 aliphatic rings. The van der Waals surface area contributed by atoms with Crippen molar-refractivity contribution in [3.05, 3.63) is 59.7 Å². The van der Waals surface area contributed by atoms with Crippen molar-refractivity contribution in [2.24, 2.45) is 11.8 Å². The molecule has 1 N–H and O–H groups in total. The number of methoxy groups -OCH3 is 1. The van der Waals surface area contributed by atoms with Crippen LogP contribution in [0.3, 0.4) is 0 Å². The van der Waals surface area contributed by atoms with Gasteiger partial charge in [0.05, 0.1) is 7.11 Å². The number of ether oxygens (including phenoxy) is 3. The normalized spacial score (nSPS) is 20.9. The van der Waals surface area contributed by atoms with Crippen molar-refractivity contribution in [1.82, 2.24) is 19.7 Å². The standard InChI is InChI=1S/C24H25N5O4/c1-31-19-5-3-18(4-6-19)25-24(30)23-27-26-22-9-16-11-28(12-17(16)13-29(22)23)10-15-2-7-20-21(8-15)33-14-32-20/h2-8,16-17H,9-14H2,1H3,(H,25,30)/t16-,17-/m0/s1. The first kappa shape index (κ1) is 20.0. The van der Waals surface area contributed by atoms with Gasteiger partial charge in [0.15, 0.2) is 11.5 Å². The fourth-order valence-corrected chi connectivity index (χ4v) is 5.08. The first-order chi connectivity index (χ1) is 16.2. The molecule has 1 fully saturated rings. The van der Waals surface area contributed by atoms with Crippen LogP contribution in [0.15, 0.2) is 42.5 Å². The van der Waals surface area contributed by atoms with Crippen molar-refractivity contribution in [1.29, 1.82) is 0 Å². The number of anilines is 1. The van der Waals surface area contributed by atoms with Gasteiger partial charge in [-0.05, 0) is 53.8 Å². The van der Waals surface area contributed by atoms with Gasteiger partial charge >= 0.3 is 0 Å². The summed E-state index contributed by atoms with van der Waals surface area (Å²) in [6, 6.07) is 13.4. The van der Waals surface area contributed by atoms with Gasteiger partial charge < -0.3 is 24.1 Å². The highest BCUT2D eigenvalue weighted by Gasteiger charge is 2.39. The maximum absolute atomic E-state index is 12.9. The van der Waals surface area contributed by atoms with E-state index in [0.717, 1.165) is 55.7 Å². The van der Waals surface area contributed by atoms with Gasteiger partial charge in [0.25, 0.3) is 5.91 Å². The second kappa shape index (κ2) is 8.08. The van der Waals surface area contributed by atoms with Gasteiger partial charge in [0.2, 0.25) is 12.6 Å². The highest BCUT2D eigenvalue weighted by molar-refractivity contribution is 6.01. The van der Waals surface area contributed by atoms with Crippen LogP contribution in [-0.4, -0.2) is 52.6 Å². The zero-order valence-corrected chi connectivity index (χ0v) is 18.4. The summed E-state index contributed by atoms with van der Waals surface area (Å²) in [7, 11) is 1.61. The lowest BCUT2D eigenvalue weighted by atomic mass is 9.89. The van der Waals surface area contributed by atoms with Crippen molar-refractivity contribution >= 4 is 11.6 Å². The van der Waals surface area contributed by atoms with Gasteiger partial charge in [-0.2, -0.15) is 0 Å². The topological polar surface area (TPSA) is 90.7 Å². The van der Waals surface area contributed by atoms with E-state index in [1.807, 2.05) is 34.9 Å². The maximum Gasteiger partial charge on any atom is 0.293 e. The Labute approximate surface area is 191 Å². The van der Waals surface area contributed by atoms with Gasteiger partial charge in [-0.15, -0.1) is 10.2 Å². The molecule has 6 rings (SSSR count). The molecule has 0 unspecified atom stereocenters. The van der Waals surface area contributed by atoms with E-state index >= 15 is 0 Å². The van der Waals surface area contributed by atoms with Crippen LogP contribution in [0.2, 0.25) is 0 Å². The SMILES string of the molecule is COc1ccc(NC(=O)c2nnc3n2C[C@@H]2CN(Cc4ccc5c(c4)OCO5)C[C@@H]2C3)cc1. The van der Waals surface area contributed by atoms with E-state index in [2.05, 4.69) is 32.5 Å². The van der Waals surface area contributed by atoms with Gasteiger partial charge in [0.1, 0.15) is 11.6 Å². The average molecular weight is 447 g/mol. The number of rotatable bonds is 5. The molecular weight excluding hydrogens is 422 g/mol. The number of amides is 1. The Morgan fingerprint density at radius 2 is 1.88 bits per heavy atom. The van der Waals surface area contributed by atoms with Crippen LogP contribution in [0.25, 0.3) is 0 Å². The van der Waals surface area contributed by atoms with E-state index in [9.17, 15) is 4.79 Å². The number of aromatic nitrogens is 3. The highest BCUT2D eigenvalue weighted by atomic mass is 16.7. The third-order valence-corrected chi connectivity index (χ3v) is 6.74. The molecule has 0 radical (unpaired) electrons. The Kier molecular flexibility index (Phi) is 4.91. The summed E-state index contributed by atoms with van der Waals surface area (Å²) >= 11 is 0. The van der Waals surface area contributed by atoms with E-state index < -0.39 is 0 Å². The lowest BCUT2D eigenvalue weighted by Crippen LogP contribution is -2.31. The van der Waals surface area contributed by atoms with Crippen LogP contribution in [0.5, 0.6) is 17.2 Å². The lowest BCUT2D eigenvalue weighted by Gasteiger charge is -2.25. The van der Waals surface area contributed by atoms with Crippen LogP contribution in [0.1, 0.15) is 22.0 Å². The monoisotopic (exact) mass is 447 g/mol. The minimum absolute atomic E-state index is 0.243. The molecule has 0 bridgehead atoms. The summed E-state index contributed by atoms with van der Waals surface area (Å²) in [5, 5.41) is 11.5. The predicted molar refractivity (Wildman–Crippen MR) is 119 cm³/mol. The number of nitrogens with zero attached hydrogens (tertiary/aromatic N) is 4. The number of likely N-dealkylation sites (tertiary alicyclic amines) is 1. The van der Waals surface area contributed by atoms with E-state index in [-0.39, 0.29) is 5.91 Å². The lowest BCUT2D eigenvalue weighted by molar-refractivity contribution is 0.100. The Balaban J connectivity index is 1.12. The average Bonchev–Trinajstić information content (AvgIpc) is 3.55. The van der Waals surface area contributed by atoms with Crippen LogP contribution < -0.4 is 19.5 Å². The molecule has 4 heterocycles. The Morgan fingerprint density at radius 1 is 1.06 bits per heavy atom. The fourth-order valence-electron chi connectivity index (χ4n) is 5.08. The highest BCUT2D eigenvalue weighted by Crippen LogP contribution is 2.36. The van der Waals surface area contributed by atoms with Crippen LogP contribution >= 0.6 is 0 Å². The molecule has 0 aliphatic carbocycles. The first-order valence-corrected chi connectivity index (χ1v) is 11.1. The molecule has 2 aromatic carbocycles. The molecule has 9 heteroatoms. The fraction of sp³-hybridized carbons (Fsp3) is 0.375. The van der Waals surface area contributed by atoms with Gasteiger partial charge in [-0.25, -0.2) is 0 Å². The third-order valence-electron chi connectivity index (χ3n) is 6.74. The van der Waals surface area contributed by atoms with Gasteiger partial charge in [0, 0.05) is 38.3 Å². The van der Waals surface area contributed by atoms with Crippen LogP contribution in [-0.2, 0) is 19.5 Å². The number of carbonyl (C=O) groups excluding carboxylic acids is 1. The largest absolute Gasteiger partial charge is 0.497 e. The molecule has 2 atom stereocenters. The molecule has 3 aromatic rings.